The van der Waals surface area contributed by atoms with E-state index in [0.717, 1.165) is 13.0 Å². The molecule has 0 saturated carbocycles. The van der Waals surface area contributed by atoms with Crippen LogP contribution in [0.15, 0.2) is 0 Å². The Bertz CT molecular complexity index is 35.4. The first-order valence-electron chi connectivity index (χ1n) is 3.11. The molecular weight excluding hydrogens is 98.9 g/mol. The quantitative estimate of drug-likeness (QED) is 0.380. The van der Waals surface area contributed by atoms with Crippen LogP contribution in [0, 0.1) is 0 Å². The second kappa shape index (κ2) is 6.98. The molecule has 1 radical (unpaired) electrons. The number of nitrogens with one attached hydrogen (secondary N) is 2. The maximum Gasteiger partial charge on any atom is 0.220 e. The van der Waals surface area contributed by atoms with Crippen molar-refractivity contribution in [2.75, 3.05) is 20.0 Å². The summed E-state index contributed by atoms with van der Waals surface area (Å²) in [6.07, 6.45) is 2.14. The summed E-state index contributed by atoms with van der Waals surface area (Å²) in [7, 11) is 3.97. The minimum Gasteiger partial charge on any atom is -0.359 e. The number of hydrogen-bond acceptors (Lipinski definition) is 2. The van der Waals surface area contributed by atoms with E-state index in [9.17, 15) is 0 Å². The van der Waals surface area contributed by atoms with E-state index < -0.39 is 0 Å². The maximum absolute atomic E-state index is 3.15. The molecule has 0 aliphatic heterocycles. The zero-order valence-electron chi connectivity index (χ0n) is 5.70. The summed E-state index contributed by atoms with van der Waals surface area (Å²) >= 11 is 0. The molecule has 2 N–H and O–H groups in total. The number of hydrogen-bond donors (Lipinski definition) is 2. The van der Waals surface area contributed by atoms with Crippen LogP contribution in [0.3, 0.4) is 0 Å². The van der Waals surface area contributed by atoms with Crippen LogP contribution in [0.2, 0.25) is 0 Å². The zero-order chi connectivity index (χ0) is 6.24. The minimum absolute atomic E-state index is 0.944. The predicted octanol–water partition coefficient (Wildman–Crippen LogP) is -0.218. The first kappa shape index (κ1) is 7.98. The van der Waals surface area contributed by atoms with Gasteiger partial charge < -0.3 is 10.5 Å². The van der Waals surface area contributed by atoms with Crippen LogP contribution in [0.4, 0.5) is 0 Å². The van der Waals surface area contributed by atoms with Gasteiger partial charge in [-0.2, -0.15) is 0 Å². The van der Waals surface area contributed by atoms with Gasteiger partial charge in [0.25, 0.3) is 0 Å². The SMILES string of the molecule is CCCN[B]CNC. The van der Waals surface area contributed by atoms with Gasteiger partial charge in [-0.25, -0.2) is 0 Å². The van der Waals surface area contributed by atoms with E-state index in [1.807, 2.05) is 14.5 Å². The third-order valence-corrected chi connectivity index (χ3v) is 0.845. The van der Waals surface area contributed by atoms with Gasteiger partial charge in [0.05, 0.1) is 0 Å². The summed E-state index contributed by atoms with van der Waals surface area (Å²) < 4.78 is 0. The van der Waals surface area contributed by atoms with Crippen LogP contribution in [0.1, 0.15) is 13.3 Å². The van der Waals surface area contributed by atoms with Gasteiger partial charge in [-0.15, -0.1) is 0 Å². The molecule has 0 amide bonds. The fourth-order valence-corrected chi connectivity index (χ4v) is 0.421. The van der Waals surface area contributed by atoms with Crippen molar-refractivity contribution in [1.82, 2.24) is 10.5 Å². The molecule has 0 heterocycles. The van der Waals surface area contributed by atoms with Crippen molar-refractivity contribution in [3.8, 4) is 0 Å². The molecule has 0 aromatic rings. The Kier molecular flexibility index (Phi) is 6.97. The van der Waals surface area contributed by atoms with Crippen molar-refractivity contribution in [1.29, 1.82) is 0 Å². The van der Waals surface area contributed by atoms with Gasteiger partial charge in [-0.05, 0) is 26.5 Å². The molecule has 0 bridgehead atoms. The Labute approximate surface area is 52.3 Å². The summed E-state index contributed by atoms with van der Waals surface area (Å²) in [6, 6.07) is 0. The molecule has 3 heteroatoms. The third kappa shape index (κ3) is 5.98. The summed E-state index contributed by atoms with van der Waals surface area (Å²) in [5.41, 5.74) is 0. The maximum atomic E-state index is 3.15. The normalized spacial score (nSPS) is 9.25. The average Bonchev–Trinajstić information content (AvgIpc) is 1.81. The van der Waals surface area contributed by atoms with Crippen LogP contribution in [-0.4, -0.2) is 27.5 Å². The van der Waals surface area contributed by atoms with Crippen molar-refractivity contribution in [3.05, 3.63) is 0 Å². The Morgan fingerprint density at radius 3 is 2.75 bits per heavy atom. The van der Waals surface area contributed by atoms with Gasteiger partial charge in [-0.3, -0.25) is 0 Å². The van der Waals surface area contributed by atoms with Crippen molar-refractivity contribution >= 4 is 7.41 Å². The Morgan fingerprint density at radius 1 is 1.50 bits per heavy atom. The van der Waals surface area contributed by atoms with Crippen molar-refractivity contribution in [3.63, 3.8) is 0 Å². The lowest BCUT2D eigenvalue weighted by Gasteiger charge is -1.97. The smallest absolute Gasteiger partial charge is 0.220 e. The van der Waals surface area contributed by atoms with Gasteiger partial charge in [-0.1, -0.05) is 6.92 Å². The fraction of sp³-hybridized carbons (Fsp3) is 1.00. The highest BCUT2D eigenvalue weighted by atomic mass is 14.8. The molecule has 0 aliphatic rings. The molecule has 0 saturated heterocycles. The molecule has 0 atom stereocenters. The summed E-state index contributed by atoms with van der Waals surface area (Å²) in [5.74, 6) is 0. The molecule has 0 aromatic carbocycles. The molecule has 8 heavy (non-hydrogen) atoms. The van der Waals surface area contributed by atoms with Gasteiger partial charge in [0.2, 0.25) is 7.41 Å². The fourth-order valence-electron chi connectivity index (χ4n) is 0.421. The molecule has 2 nitrogen and oxygen atoms in total. The molecule has 0 unspecified atom stereocenters. The average molecular weight is 113 g/mol. The third-order valence-electron chi connectivity index (χ3n) is 0.845. The largest absolute Gasteiger partial charge is 0.359 e. The van der Waals surface area contributed by atoms with Gasteiger partial charge in [0.15, 0.2) is 0 Å². The van der Waals surface area contributed by atoms with Crippen LogP contribution in [0.25, 0.3) is 0 Å². The monoisotopic (exact) mass is 113 g/mol. The second-order valence-corrected chi connectivity index (χ2v) is 1.72. The first-order chi connectivity index (χ1) is 3.91. The van der Waals surface area contributed by atoms with E-state index in [4.69, 9.17) is 0 Å². The van der Waals surface area contributed by atoms with Crippen LogP contribution < -0.4 is 10.5 Å². The summed E-state index contributed by atoms with van der Waals surface area (Å²) in [6.45, 7) is 3.24. The Morgan fingerprint density at radius 2 is 2.25 bits per heavy atom. The van der Waals surface area contributed by atoms with E-state index in [0.29, 0.717) is 0 Å². The minimum atomic E-state index is 0.944. The van der Waals surface area contributed by atoms with E-state index in [-0.39, 0.29) is 0 Å². The van der Waals surface area contributed by atoms with Crippen molar-refractivity contribution in [2.45, 2.75) is 13.3 Å². The Balaban J connectivity index is 2.53. The predicted molar refractivity (Wildman–Crippen MR) is 38.0 cm³/mol. The highest BCUT2D eigenvalue weighted by molar-refractivity contribution is 6.32. The lowest BCUT2D eigenvalue weighted by Crippen LogP contribution is -2.29. The molecule has 0 rings (SSSR count). The summed E-state index contributed by atoms with van der Waals surface area (Å²) in [4.78, 5) is 0. The highest BCUT2D eigenvalue weighted by Crippen LogP contribution is 1.65. The van der Waals surface area contributed by atoms with Crippen LogP contribution in [-0.2, 0) is 0 Å². The first-order valence-corrected chi connectivity index (χ1v) is 3.11. The van der Waals surface area contributed by atoms with Crippen LogP contribution in [0.5, 0.6) is 0 Å². The lowest BCUT2D eigenvalue weighted by atomic mass is 9.95. The standard InChI is InChI=1S/C5H14BN2/c1-3-4-8-6-5-7-2/h7-8H,3-5H2,1-2H3. The van der Waals surface area contributed by atoms with Gasteiger partial charge >= 0.3 is 0 Å². The van der Waals surface area contributed by atoms with Crippen molar-refractivity contribution < 1.29 is 0 Å². The second-order valence-electron chi connectivity index (χ2n) is 1.72. The van der Waals surface area contributed by atoms with E-state index in [2.05, 4.69) is 17.5 Å². The van der Waals surface area contributed by atoms with E-state index >= 15 is 0 Å². The molecule has 47 valence electrons. The molecule has 0 spiro atoms. The topological polar surface area (TPSA) is 24.1 Å². The molecule has 0 aromatic heterocycles. The zero-order valence-corrected chi connectivity index (χ0v) is 5.70. The van der Waals surface area contributed by atoms with Crippen molar-refractivity contribution in [2.24, 2.45) is 0 Å². The van der Waals surface area contributed by atoms with E-state index in [1.165, 1.54) is 6.42 Å². The van der Waals surface area contributed by atoms with E-state index in [1.54, 1.807) is 0 Å². The lowest BCUT2D eigenvalue weighted by molar-refractivity contribution is 0.844. The molecular formula is C5H14BN2. The highest BCUT2D eigenvalue weighted by Gasteiger charge is 1.83. The molecule has 0 fully saturated rings. The number of rotatable bonds is 5. The van der Waals surface area contributed by atoms with Crippen LogP contribution >= 0.6 is 0 Å². The van der Waals surface area contributed by atoms with Gasteiger partial charge in [0, 0.05) is 0 Å². The Hall–Kier alpha value is -0.0151. The summed E-state index contributed by atoms with van der Waals surface area (Å²) in [5, 5.41) is 6.16. The molecule has 0 aliphatic carbocycles. The van der Waals surface area contributed by atoms with Gasteiger partial charge in [0.1, 0.15) is 0 Å².